The molecule has 8 rings (SSSR count). The SMILES string of the molecule is O=C(NCC12CC3CC(CC(C3)C1)C2)c1ccc(N2CCN(Cc3ccccc3-c3cccc(O)c3)CC2)cc1. The van der Waals surface area contributed by atoms with E-state index in [0.29, 0.717) is 11.2 Å². The monoisotopic (exact) mass is 535 g/mol. The number of nitrogens with zero attached hydrogens (tertiary/aromatic N) is 2. The standard InChI is InChI=1S/C35H41N3O2/c39-32-6-3-5-29(19-32)33-7-2-1-4-30(33)23-37-12-14-38(15-13-37)31-10-8-28(9-11-31)34(40)36-24-35-20-25-16-26(21-35)18-27(17-25)22-35/h1-11,19,25-27,39H,12-18,20-24H2,(H,36,40). The van der Waals surface area contributed by atoms with Crippen LogP contribution in [-0.4, -0.2) is 48.6 Å². The lowest BCUT2D eigenvalue weighted by Crippen LogP contribution is -2.51. The highest BCUT2D eigenvalue weighted by atomic mass is 16.3. The second-order valence-corrected chi connectivity index (χ2v) is 13.1. The van der Waals surface area contributed by atoms with E-state index in [2.05, 4.69) is 57.6 Å². The summed E-state index contributed by atoms with van der Waals surface area (Å²) in [6.45, 7) is 5.65. The van der Waals surface area contributed by atoms with Crippen molar-refractivity contribution in [3.05, 3.63) is 83.9 Å². The molecule has 0 aromatic heterocycles. The Hall–Kier alpha value is -3.31. The molecular weight excluding hydrogens is 494 g/mol. The van der Waals surface area contributed by atoms with Crippen molar-refractivity contribution in [3.8, 4) is 16.9 Å². The van der Waals surface area contributed by atoms with Crippen LogP contribution in [0.15, 0.2) is 72.8 Å². The summed E-state index contributed by atoms with van der Waals surface area (Å²) in [5.74, 6) is 3.12. The van der Waals surface area contributed by atoms with Crippen LogP contribution in [0.4, 0.5) is 5.69 Å². The van der Waals surface area contributed by atoms with Crippen molar-refractivity contribution in [2.24, 2.45) is 23.2 Å². The Morgan fingerprint density at radius 2 is 1.50 bits per heavy atom. The van der Waals surface area contributed by atoms with Gasteiger partial charge in [-0.25, -0.2) is 0 Å². The average molecular weight is 536 g/mol. The number of carbonyl (C=O) groups is 1. The van der Waals surface area contributed by atoms with Crippen molar-refractivity contribution in [1.29, 1.82) is 0 Å². The van der Waals surface area contributed by atoms with Gasteiger partial charge in [0, 0.05) is 50.5 Å². The lowest BCUT2D eigenvalue weighted by Gasteiger charge is -2.56. The number of anilines is 1. The third-order valence-electron chi connectivity index (χ3n) is 10.2. The molecule has 5 heteroatoms. The van der Waals surface area contributed by atoms with Gasteiger partial charge in [0.15, 0.2) is 0 Å². The number of hydrogen-bond acceptors (Lipinski definition) is 4. The van der Waals surface area contributed by atoms with Crippen molar-refractivity contribution in [2.75, 3.05) is 37.6 Å². The molecule has 1 saturated heterocycles. The molecule has 4 bridgehead atoms. The first kappa shape index (κ1) is 25.6. The van der Waals surface area contributed by atoms with Crippen molar-refractivity contribution < 1.29 is 9.90 Å². The van der Waals surface area contributed by atoms with E-state index in [-0.39, 0.29) is 5.91 Å². The highest BCUT2D eigenvalue weighted by Crippen LogP contribution is 2.59. The molecule has 1 amide bonds. The Labute approximate surface area is 238 Å². The molecule has 2 N–H and O–H groups in total. The average Bonchev–Trinajstić information content (AvgIpc) is 2.96. The predicted octanol–water partition coefficient (Wildman–Crippen LogP) is 6.33. The summed E-state index contributed by atoms with van der Waals surface area (Å²) in [5, 5.41) is 13.3. The summed E-state index contributed by atoms with van der Waals surface area (Å²) in [7, 11) is 0. The van der Waals surface area contributed by atoms with Crippen LogP contribution in [-0.2, 0) is 6.54 Å². The van der Waals surface area contributed by atoms with E-state index < -0.39 is 0 Å². The van der Waals surface area contributed by atoms with Crippen LogP contribution in [0.5, 0.6) is 5.75 Å². The lowest BCUT2D eigenvalue weighted by molar-refractivity contribution is -0.0503. The van der Waals surface area contributed by atoms with E-state index in [1.165, 1.54) is 55.3 Å². The fourth-order valence-electron chi connectivity index (χ4n) is 8.72. The van der Waals surface area contributed by atoms with E-state index in [9.17, 15) is 9.90 Å². The van der Waals surface area contributed by atoms with Crippen LogP contribution in [0, 0.1) is 23.2 Å². The lowest BCUT2D eigenvalue weighted by atomic mass is 9.49. The van der Waals surface area contributed by atoms with E-state index in [0.717, 1.165) is 68.1 Å². The summed E-state index contributed by atoms with van der Waals surface area (Å²) in [5.41, 5.74) is 5.85. The quantitative estimate of drug-likeness (QED) is 0.371. The molecule has 208 valence electrons. The minimum absolute atomic E-state index is 0.0810. The number of benzene rings is 3. The zero-order chi connectivity index (χ0) is 27.1. The first-order chi connectivity index (χ1) is 19.5. The number of nitrogens with one attached hydrogen (secondary N) is 1. The van der Waals surface area contributed by atoms with Gasteiger partial charge in [0.05, 0.1) is 0 Å². The zero-order valence-corrected chi connectivity index (χ0v) is 23.4. The van der Waals surface area contributed by atoms with Gasteiger partial charge in [-0.15, -0.1) is 0 Å². The van der Waals surface area contributed by atoms with Crippen LogP contribution in [0.2, 0.25) is 0 Å². The molecule has 5 nitrogen and oxygen atoms in total. The molecule has 0 spiro atoms. The normalized spacial score (nSPS) is 27.6. The van der Waals surface area contributed by atoms with Crippen molar-refractivity contribution in [3.63, 3.8) is 0 Å². The Morgan fingerprint density at radius 1 is 0.825 bits per heavy atom. The second-order valence-electron chi connectivity index (χ2n) is 13.1. The third kappa shape index (κ3) is 5.24. The molecule has 1 heterocycles. The number of aromatic hydroxyl groups is 1. The largest absolute Gasteiger partial charge is 0.508 e. The number of piperazine rings is 1. The van der Waals surface area contributed by atoms with Crippen molar-refractivity contribution in [2.45, 2.75) is 45.1 Å². The van der Waals surface area contributed by atoms with Gasteiger partial charge in [0.25, 0.3) is 5.91 Å². The van der Waals surface area contributed by atoms with Crippen LogP contribution < -0.4 is 10.2 Å². The number of phenolic OH excluding ortho intramolecular Hbond substituents is 1. The Bertz CT molecular complexity index is 1320. The maximum absolute atomic E-state index is 13.0. The summed E-state index contributed by atoms with van der Waals surface area (Å²) >= 11 is 0. The zero-order valence-electron chi connectivity index (χ0n) is 23.4. The van der Waals surface area contributed by atoms with Crippen LogP contribution >= 0.6 is 0 Å². The van der Waals surface area contributed by atoms with E-state index >= 15 is 0 Å². The molecule has 5 aliphatic rings. The Morgan fingerprint density at radius 3 is 2.17 bits per heavy atom. The molecule has 40 heavy (non-hydrogen) atoms. The van der Waals surface area contributed by atoms with Gasteiger partial charge < -0.3 is 15.3 Å². The number of phenols is 1. The molecule has 4 aliphatic carbocycles. The first-order valence-corrected chi connectivity index (χ1v) is 15.2. The third-order valence-corrected chi connectivity index (χ3v) is 10.2. The molecule has 4 saturated carbocycles. The number of hydrogen-bond donors (Lipinski definition) is 2. The van der Waals surface area contributed by atoms with Gasteiger partial charge in [-0.3, -0.25) is 9.69 Å². The summed E-state index contributed by atoms with van der Waals surface area (Å²) in [6, 6.07) is 24.2. The number of carbonyl (C=O) groups excluding carboxylic acids is 1. The van der Waals surface area contributed by atoms with Crippen LogP contribution in [0.3, 0.4) is 0 Å². The van der Waals surface area contributed by atoms with Crippen molar-refractivity contribution >= 4 is 11.6 Å². The molecule has 0 radical (unpaired) electrons. The molecule has 3 aromatic carbocycles. The fourth-order valence-corrected chi connectivity index (χ4v) is 8.72. The Kier molecular flexibility index (Phi) is 6.79. The molecule has 1 aliphatic heterocycles. The summed E-state index contributed by atoms with van der Waals surface area (Å²) < 4.78 is 0. The second kappa shape index (κ2) is 10.6. The van der Waals surface area contributed by atoms with Gasteiger partial charge >= 0.3 is 0 Å². The predicted molar refractivity (Wildman–Crippen MR) is 160 cm³/mol. The number of amides is 1. The fraction of sp³-hybridized carbons (Fsp3) is 0.457. The number of rotatable bonds is 7. The van der Waals surface area contributed by atoms with Gasteiger partial charge in [0.2, 0.25) is 0 Å². The van der Waals surface area contributed by atoms with Gasteiger partial charge in [-0.05, 0) is 115 Å². The smallest absolute Gasteiger partial charge is 0.251 e. The maximum Gasteiger partial charge on any atom is 0.251 e. The topological polar surface area (TPSA) is 55.8 Å². The van der Waals surface area contributed by atoms with Gasteiger partial charge in [-0.1, -0.05) is 36.4 Å². The van der Waals surface area contributed by atoms with Gasteiger partial charge in [0.1, 0.15) is 5.75 Å². The minimum atomic E-state index is 0.0810. The minimum Gasteiger partial charge on any atom is -0.508 e. The first-order valence-electron chi connectivity index (χ1n) is 15.2. The van der Waals surface area contributed by atoms with Crippen LogP contribution in [0.25, 0.3) is 11.1 Å². The highest BCUT2D eigenvalue weighted by molar-refractivity contribution is 5.94. The molecule has 3 aromatic rings. The Balaban J connectivity index is 0.929. The van der Waals surface area contributed by atoms with E-state index in [1.807, 2.05) is 24.3 Å². The van der Waals surface area contributed by atoms with E-state index in [1.54, 1.807) is 6.07 Å². The van der Waals surface area contributed by atoms with Gasteiger partial charge in [-0.2, -0.15) is 0 Å². The molecular formula is C35H41N3O2. The highest BCUT2D eigenvalue weighted by Gasteiger charge is 2.50. The molecule has 0 atom stereocenters. The summed E-state index contributed by atoms with van der Waals surface area (Å²) in [6.07, 6.45) is 8.29. The molecule has 5 fully saturated rings. The molecule has 0 unspecified atom stereocenters. The van der Waals surface area contributed by atoms with Crippen LogP contribution in [0.1, 0.15) is 54.4 Å². The summed E-state index contributed by atoms with van der Waals surface area (Å²) in [4.78, 5) is 18.0. The van der Waals surface area contributed by atoms with E-state index in [4.69, 9.17) is 0 Å². The maximum atomic E-state index is 13.0. The van der Waals surface area contributed by atoms with Crippen molar-refractivity contribution in [1.82, 2.24) is 10.2 Å².